The number of nitrogens with one attached hydrogen (secondary N) is 1. The number of rotatable bonds is 4. The second-order valence-corrected chi connectivity index (χ2v) is 4.31. The number of ether oxygens (including phenoxy) is 1. The molecule has 0 atom stereocenters. The average molecular weight is 281 g/mol. The number of hydrogen-bond acceptors (Lipinski definition) is 3. The van der Waals surface area contributed by atoms with Crippen LogP contribution in [0.1, 0.15) is 6.92 Å². The summed E-state index contributed by atoms with van der Waals surface area (Å²) in [7, 11) is 0. The van der Waals surface area contributed by atoms with E-state index in [-0.39, 0.29) is 5.02 Å². The van der Waals surface area contributed by atoms with Crippen LogP contribution in [0.4, 0.5) is 21.5 Å². The fourth-order valence-corrected chi connectivity index (χ4v) is 1.84. The van der Waals surface area contributed by atoms with Gasteiger partial charge in [0.15, 0.2) is 0 Å². The van der Waals surface area contributed by atoms with Gasteiger partial charge in [0.2, 0.25) is 0 Å². The first kappa shape index (κ1) is 13.5. The molecule has 3 N–H and O–H groups in total. The monoisotopic (exact) mass is 280 g/mol. The summed E-state index contributed by atoms with van der Waals surface area (Å²) in [6, 6.07) is 10.0. The molecule has 19 heavy (non-hydrogen) atoms. The van der Waals surface area contributed by atoms with Gasteiger partial charge in [0.25, 0.3) is 0 Å². The van der Waals surface area contributed by atoms with Crippen LogP contribution in [0.15, 0.2) is 36.4 Å². The van der Waals surface area contributed by atoms with Crippen LogP contribution in [0.2, 0.25) is 5.02 Å². The van der Waals surface area contributed by atoms with E-state index in [0.29, 0.717) is 23.7 Å². The molecule has 0 aliphatic rings. The van der Waals surface area contributed by atoms with Gasteiger partial charge in [-0.3, -0.25) is 0 Å². The van der Waals surface area contributed by atoms with Crippen molar-refractivity contribution in [2.45, 2.75) is 6.92 Å². The number of nitrogens with two attached hydrogens (primary N) is 1. The molecule has 0 unspecified atom stereocenters. The summed E-state index contributed by atoms with van der Waals surface area (Å²) in [5.74, 6) is 0.159. The summed E-state index contributed by atoms with van der Waals surface area (Å²) < 4.78 is 18.9. The topological polar surface area (TPSA) is 47.3 Å². The van der Waals surface area contributed by atoms with Crippen molar-refractivity contribution >= 4 is 28.7 Å². The van der Waals surface area contributed by atoms with E-state index < -0.39 is 5.82 Å². The molecular formula is C14H14ClFN2O. The Morgan fingerprint density at radius 1 is 1.26 bits per heavy atom. The van der Waals surface area contributed by atoms with Crippen LogP contribution >= 0.6 is 11.6 Å². The lowest BCUT2D eigenvalue weighted by Crippen LogP contribution is -2.00. The maximum Gasteiger partial charge on any atom is 0.144 e. The fraction of sp³-hybridized carbons (Fsp3) is 0.143. The van der Waals surface area contributed by atoms with Gasteiger partial charge in [-0.15, -0.1) is 0 Å². The van der Waals surface area contributed by atoms with Gasteiger partial charge in [-0.2, -0.15) is 0 Å². The highest BCUT2D eigenvalue weighted by molar-refractivity contribution is 6.31. The molecule has 100 valence electrons. The number of para-hydroxylation sites is 2. The highest BCUT2D eigenvalue weighted by atomic mass is 35.5. The minimum atomic E-state index is -0.521. The molecule has 0 aliphatic carbocycles. The first-order valence-electron chi connectivity index (χ1n) is 5.85. The molecule has 2 rings (SSSR count). The predicted molar refractivity (Wildman–Crippen MR) is 76.7 cm³/mol. The van der Waals surface area contributed by atoms with Crippen LogP contribution in [0.3, 0.4) is 0 Å². The molecular weight excluding hydrogens is 267 g/mol. The summed E-state index contributed by atoms with van der Waals surface area (Å²) in [5.41, 5.74) is 7.35. The second kappa shape index (κ2) is 5.80. The number of nitrogen functional groups attached to an aromatic ring is 1. The van der Waals surface area contributed by atoms with Crippen LogP contribution < -0.4 is 15.8 Å². The molecule has 0 amide bonds. The second-order valence-electron chi connectivity index (χ2n) is 3.91. The Bertz CT molecular complexity index is 590. The molecule has 3 nitrogen and oxygen atoms in total. The Morgan fingerprint density at radius 2 is 2.00 bits per heavy atom. The third kappa shape index (κ3) is 3.09. The molecule has 0 saturated heterocycles. The standard InChI is InChI=1S/C14H14ClFN2O/c1-2-19-14-6-4-3-5-12(14)18-13-8-10(16)9(15)7-11(13)17/h3-8,18H,2,17H2,1H3. The van der Waals surface area contributed by atoms with Crippen molar-refractivity contribution in [1.82, 2.24) is 0 Å². The van der Waals surface area contributed by atoms with Gasteiger partial charge < -0.3 is 15.8 Å². The molecule has 0 fully saturated rings. The van der Waals surface area contributed by atoms with E-state index in [2.05, 4.69) is 5.32 Å². The van der Waals surface area contributed by atoms with Crippen LogP contribution in [0.5, 0.6) is 5.75 Å². The van der Waals surface area contributed by atoms with E-state index in [1.54, 1.807) is 0 Å². The Balaban J connectivity index is 2.33. The smallest absolute Gasteiger partial charge is 0.144 e. The molecule has 0 aromatic heterocycles. The summed E-state index contributed by atoms with van der Waals surface area (Å²) in [6.07, 6.45) is 0. The van der Waals surface area contributed by atoms with Crippen molar-refractivity contribution in [3.05, 3.63) is 47.2 Å². The number of benzene rings is 2. The van der Waals surface area contributed by atoms with Crippen molar-refractivity contribution in [1.29, 1.82) is 0 Å². The van der Waals surface area contributed by atoms with Crippen LogP contribution in [0, 0.1) is 5.82 Å². The minimum absolute atomic E-state index is 0.00106. The zero-order valence-corrected chi connectivity index (χ0v) is 11.2. The van der Waals surface area contributed by atoms with E-state index in [4.69, 9.17) is 22.1 Å². The Hall–Kier alpha value is -1.94. The predicted octanol–water partition coefficient (Wildman–Crippen LogP) is 4.20. The lowest BCUT2D eigenvalue weighted by Gasteiger charge is -2.14. The van der Waals surface area contributed by atoms with Crippen LogP contribution in [-0.2, 0) is 0 Å². The first-order valence-corrected chi connectivity index (χ1v) is 6.23. The quantitative estimate of drug-likeness (QED) is 0.825. The summed E-state index contributed by atoms with van der Waals surface area (Å²) >= 11 is 5.66. The highest BCUT2D eigenvalue weighted by Gasteiger charge is 2.09. The van der Waals surface area contributed by atoms with Gasteiger partial charge in [-0.05, 0) is 25.1 Å². The fourth-order valence-electron chi connectivity index (χ4n) is 1.67. The molecule has 0 saturated carbocycles. The van der Waals surface area contributed by atoms with E-state index in [9.17, 15) is 4.39 Å². The maximum atomic E-state index is 13.5. The number of anilines is 3. The summed E-state index contributed by atoms with van der Waals surface area (Å²) in [4.78, 5) is 0. The number of hydrogen-bond donors (Lipinski definition) is 2. The first-order chi connectivity index (χ1) is 9.11. The van der Waals surface area contributed by atoms with E-state index in [1.807, 2.05) is 31.2 Å². The van der Waals surface area contributed by atoms with Gasteiger partial charge in [-0.25, -0.2) is 4.39 Å². The lowest BCUT2D eigenvalue weighted by atomic mass is 10.2. The van der Waals surface area contributed by atoms with Crippen molar-refractivity contribution in [3.63, 3.8) is 0 Å². The zero-order valence-electron chi connectivity index (χ0n) is 10.4. The third-order valence-corrected chi connectivity index (χ3v) is 2.84. The summed E-state index contributed by atoms with van der Waals surface area (Å²) in [6.45, 7) is 2.44. The van der Waals surface area contributed by atoms with Crippen molar-refractivity contribution in [2.24, 2.45) is 0 Å². The van der Waals surface area contributed by atoms with Crippen molar-refractivity contribution in [3.8, 4) is 5.75 Å². The van der Waals surface area contributed by atoms with Crippen molar-refractivity contribution in [2.75, 3.05) is 17.7 Å². The molecule has 0 bridgehead atoms. The van der Waals surface area contributed by atoms with Gasteiger partial charge in [0.1, 0.15) is 11.6 Å². The van der Waals surface area contributed by atoms with E-state index in [1.165, 1.54) is 12.1 Å². The average Bonchev–Trinajstić information content (AvgIpc) is 2.38. The van der Waals surface area contributed by atoms with Gasteiger partial charge in [-0.1, -0.05) is 23.7 Å². The Labute approximate surface area is 116 Å². The lowest BCUT2D eigenvalue weighted by molar-refractivity contribution is 0.342. The molecule has 0 spiro atoms. The Morgan fingerprint density at radius 3 is 2.74 bits per heavy atom. The van der Waals surface area contributed by atoms with Gasteiger partial charge >= 0.3 is 0 Å². The zero-order chi connectivity index (χ0) is 13.8. The SMILES string of the molecule is CCOc1ccccc1Nc1cc(F)c(Cl)cc1N. The molecule has 5 heteroatoms. The molecule has 0 radical (unpaired) electrons. The molecule has 0 heterocycles. The molecule has 0 aliphatic heterocycles. The third-order valence-electron chi connectivity index (χ3n) is 2.55. The molecule has 2 aromatic rings. The molecule has 2 aromatic carbocycles. The Kier molecular flexibility index (Phi) is 4.12. The van der Waals surface area contributed by atoms with E-state index >= 15 is 0 Å². The number of halogens is 2. The maximum absolute atomic E-state index is 13.5. The van der Waals surface area contributed by atoms with Gasteiger partial charge in [0, 0.05) is 6.07 Å². The minimum Gasteiger partial charge on any atom is -0.492 e. The van der Waals surface area contributed by atoms with Crippen LogP contribution in [0.25, 0.3) is 0 Å². The largest absolute Gasteiger partial charge is 0.492 e. The highest BCUT2D eigenvalue weighted by Crippen LogP contribution is 2.32. The normalized spacial score (nSPS) is 10.3. The van der Waals surface area contributed by atoms with E-state index in [0.717, 1.165) is 5.69 Å². The van der Waals surface area contributed by atoms with Crippen LogP contribution in [-0.4, -0.2) is 6.61 Å². The van der Waals surface area contributed by atoms with Gasteiger partial charge in [0.05, 0.1) is 28.7 Å². The van der Waals surface area contributed by atoms with Crippen molar-refractivity contribution < 1.29 is 9.13 Å². The summed E-state index contributed by atoms with van der Waals surface area (Å²) in [5, 5.41) is 3.05.